The lowest BCUT2D eigenvalue weighted by Gasteiger charge is -2.19. The van der Waals surface area contributed by atoms with Gasteiger partial charge in [0, 0.05) is 18.6 Å². The lowest BCUT2D eigenvalue weighted by atomic mass is 10.2. The molecule has 114 valence electrons. The number of methoxy groups -OCH3 is 2. The zero-order valence-electron chi connectivity index (χ0n) is 12.3. The van der Waals surface area contributed by atoms with Gasteiger partial charge in [0.2, 0.25) is 0 Å². The van der Waals surface area contributed by atoms with Crippen LogP contribution >= 0.6 is 15.9 Å². The Kier molecular flexibility index (Phi) is 6.23. The van der Waals surface area contributed by atoms with Crippen molar-refractivity contribution in [1.29, 1.82) is 0 Å². The molecule has 0 heterocycles. The molecule has 0 atom stereocenters. The molecule has 0 aliphatic rings. The molecular formula is C14H17BrN2O4. The highest BCUT2D eigenvalue weighted by Crippen LogP contribution is 2.29. The van der Waals surface area contributed by atoms with Crippen molar-refractivity contribution in [3.63, 3.8) is 0 Å². The van der Waals surface area contributed by atoms with Crippen molar-refractivity contribution < 1.29 is 19.1 Å². The summed E-state index contributed by atoms with van der Waals surface area (Å²) in [6.45, 7) is 0. The minimum absolute atomic E-state index is 0.00875. The summed E-state index contributed by atoms with van der Waals surface area (Å²) in [7, 11) is 6.22. The SMILES string of the molecule is COC(=O)/C=C(/Nc1cc(Br)ccc1N(C)C)C(=O)OC. The monoisotopic (exact) mass is 356 g/mol. The van der Waals surface area contributed by atoms with Gasteiger partial charge >= 0.3 is 11.9 Å². The molecule has 0 unspecified atom stereocenters. The number of carbonyl (C=O) groups is 2. The molecule has 1 aromatic carbocycles. The normalized spacial score (nSPS) is 10.8. The predicted molar refractivity (Wildman–Crippen MR) is 84.2 cm³/mol. The quantitative estimate of drug-likeness (QED) is 0.644. The molecule has 0 aromatic heterocycles. The number of halogens is 1. The van der Waals surface area contributed by atoms with Crippen molar-refractivity contribution in [2.45, 2.75) is 0 Å². The number of esters is 2. The van der Waals surface area contributed by atoms with Crippen molar-refractivity contribution in [3.8, 4) is 0 Å². The standard InChI is InChI=1S/C14H17BrN2O4/c1-17(2)12-6-5-9(15)7-10(12)16-11(14(19)21-4)8-13(18)20-3/h5-8,16H,1-4H3/b11-8+. The summed E-state index contributed by atoms with van der Waals surface area (Å²) >= 11 is 3.37. The van der Waals surface area contributed by atoms with Crippen molar-refractivity contribution in [2.75, 3.05) is 38.5 Å². The van der Waals surface area contributed by atoms with Gasteiger partial charge in [-0.3, -0.25) is 0 Å². The molecule has 1 aromatic rings. The zero-order valence-corrected chi connectivity index (χ0v) is 13.9. The molecule has 0 aliphatic heterocycles. The molecule has 0 spiro atoms. The first-order valence-electron chi connectivity index (χ1n) is 6.01. The number of nitrogens with zero attached hydrogens (tertiary/aromatic N) is 1. The van der Waals surface area contributed by atoms with E-state index in [4.69, 9.17) is 0 Å². The van der Waals surface area contributed by atoms with Crippen LogP contribution in [-0.4, -0.2) is 40.3 Å². The highest BCUT2D eigenvalue weighted by atomic mass is 79.9. The molecule has 0 amide bonds. The van der Waals surface area contributed by atoms with E-state index in [1.54, 1.807) is 6.07 Å². The third-order valence-electron chi connectivity index (χ3n) is 2.58. The van der Waals surface area contributed by atoms with E-state index in [9.17, 15) is 9.59 Å². The summed E-state index contributed by atoms with van der Waals surface area (Å²) in [5.41, 5.74) is 1.48. The molecule has 0 radical (unpaired) electrons. The fraction of sp³-hybridized carbons (Fsp3) is 0.286. The Bertz CT molecular complexity index is 570. The van der Waals surface area contributed by atoms with E-state index in [1.165, 1.54) is 14.2 Å². The smallest absolute Gasteiger partial charge is 0.354 e. The molecule has 0 saturated carbocycles. The molecule has 0 saturated heterocycles. The van der Waals surface area contributed by atoms with Crippen LogP contribution in [0.2, 0.25) is 0 Å². The van der Waals surface area contributed by atoms with E-state index in [-0.39, 0.29) is 5.70 Å². The second kappa shape index (κ2) is 7.68. The molecular weight excluding hydrogens is 340 g/mol. The minimum Gasteiger partial charge on any atom is -0.466 e. The molecule has 21 heavy (non-hydrogen) atoms. The first-order chi connectivity index (χ1) is 9.88. The van der Waals surface area contributed by atoms with Gasteiger partial charge in [0.05, 0.1) is 31.7 Å². The van der Waals surface area contributed by atoms with E-state index in [1.807, 2.05) is 31.1 Å². The highest BCUT2D eigenvalue weighted by molar-refractivity contribution is 9.10. The average Bonchev–Trinajstić information content (AvgIpc) is 2.45. The predicted octanol–water partition coefficient (Wildman–Crippen LogP) is 2.16. The van der Waals surface area contributed by atoms with Gasteiger partial charge in [-0.2, -0.15) is 0 Å². The molecule has 1 N–H and O–H groups in total. The van der Waals surface area contributed by atoms with Gasteiger partial charge in [0.15, 0.2) is 0 Å². The summed E-state index contributed by atoms with van der Waals surface area (Å²) in [6.07, 6.45) is 1.05. The van der Waals surface area contributed by atoms with Crippen LogP contribution in [0, 0.1) is 0 Å². The second-order valence-electron chi connectivity index (χ2n) is 4.25. The summed E-state index contributed by atoms with van der Waals surface area (Å²) < 4.78 is 10.0. The summed E-state index contributed by atoms with van der Waals surface area (Å²) in [5.74, 6) is -1.31. The van der Waals surface area contributed by atoms with E-state index in [2.05, 4.69) is 30.7 Å². The van der Waals surface area contributed by atoms with Crippen LogP contribution in [0.4, 0.5) is 11.4 Å². The van der Waals surface area contributed by atoms with Crippen molar-refractivity contribution in [2.24, 2.45) is 0 Å². The largest absolute Gasteiger partial charge is 0.466 e. The summed E-state index contributed by atoms with van der Waals surface area (Å²) in [6, 6.07) is 5.55. The minimum atomic E-state index is -0.662. The van der Waals surface area contributed by atoms with Crippen LogP contribution < -0.4 is 10.2 Å². The Morgan fingerprint density at radius 2 is 1.90 bits per heavy atom. The number of hydrogen-bond acceptors (Lipinski definition) is 6. The first kappa shape index (κ1) is 17.0. The van der Waals surface area contributed by atoms with Crippen LogP contribution in [0.3, 0.4) is 0 Å². The number of hydrogen-bond donors (Lipinski definition) is 1. The molecule has 0 fully saturated rings. The Balaban J connectivity index is 3.20. The topological polar surface area (TPSA) is 67.9 Å². The first-order valence-corrected chi connectivity index (χ1v) is 6.80. The van der Waals surface area contributed by atoms with Gasteiger partial charge in [-0.25, -0.2) is 9.59 Å². The van der Waals surface area contributed by atoms with Gasteiger partial charge < -0.3 is 19.7 Å². The van der Waals surface area contributed by atoms with Crippen LogP contribution in [0.25, 0.3) is 0 Å². The fourth-order valence-corrected chi connectivity index (χ4v) is 1.94. The van der Waals surface area contributed by atoms with E-state index >= 15 is 0 Å². The van der Waals surface area contributed by atoms with Gasteiger partial charge in [0.1, 0.15) is 5.70 Å². The molecule has 1 rings (SSSR count). The van der Waals surface area contributed by atoms with Crippen LogP contribution in [0.15, 0.2) is 34.4 Å². The number of nitrogens with one attached hydrogen (secondary N) is 1. The number of rotatable bonds is 5. The molecule has 6 nitrogen and oxygen atoms in total. The number of ether oxygens (including phenoxy) is 2. The maximum atomic E-state index is 11.7. The number of anilines is 2. The maximum absolute atomic E-state index is 11.7. The molecule has 0 aliphatic carbocycles. The third kappa shape index (κ3) is 4.78. The third-order valence-corrected chi connectivity index (χ3v) is 3.07. The number of carbonyl (C=O) groups excluding carboxylic acids is 2. The van der Waals surface area contributed by atoms with Gasteiger partial charge in [0.25, 0.3) is 0 Å². The van der Waals surface area contributed by atoms with Crippen LogP contribution in [-0.2, 0) is 19.1 Å². The highest BCUT2D eigenvalue weighted by Gasteiger charge is 2.15. The maximum Gasteiger partial charge on any atom is 0.354 e. The van der Waals surface area contributed by atoms with Crippen LogP contribution in [0.5, 0.6) is 0 Å². The summed E-state index contributed by atoms with van der Waals surface area (Å²) in [4.78, 5) is 25.0. The summed E-state index contributed by atoms with van der Waals surface area (Å²) in [5, 5.41) is 2.90. The number of benzene rings is 1. The van der Waals surface area contributed by atoms with E-state index < -0.39 is 11.9 Å². The fourth-order valence-electron chi connectivity index (χ4n) is 1.58. The second-order valence-corrected chi connectivity index (χ2v) is 5.17. The van der Waals surface area contributed by atoms with Crippen molar-refractivity contribution in [1.82, 2.24) is 0 Å². The Labute approximate surface area is 131 Å². The van der Waals surface area contributed by atoms with Crippen LogP contribution in [0.1, 0.15) is 0 Å². The molecule has 7 heteroatoms. The Hall–Kier alpha value is -2.02. The van der Waals surface area contributed by atoms with Crippen molar-refractivity contribution >= 4 is 39.2 Å². The zero-order chi connectivity index (χ0) is 16.0. The lowest BCUT2D eigenvalue weighted by Crippen LogP contribution is -2.18. The van der Waals surface area contributed by atoms with Crippen molar-refractivity contribution in [3.05, 3.63) is 34.4 Å². The molecule has 0 bridgehead atoms. The van der Waals surface area contributed by atoms with Gasteiger partial charge in [-0.05, 0) is 18.2 Å². The Morgan fingerprint density at radius 3 is 2.43 bits per heavy atom. The van der Waals surface area contributed by atoms with E-state index in [0.717, 1.165) is 16.2 Å². The average molecular weight is 357 g/mol. The van der Waals surface area contributed by atoms with E-state index in [0.29, 0.717) is 5.69 Å². The lowest BCUT2D eigenvalue weighted by molar-refractivity contribution is -0.138. The Morgan fingerprint density at radius 1 is 1.24 bits per heavy atom. The van der Waals surface area contributed by atoms with Gasteiger partial charge in [-0.15, -0.1) is 0 Å². The van der Waals surface area contributed by atoms with Gasteiger partial charge in [-0.1, -0.05) is 15.9 Å².